The Bertz CT molecular complexity index is 466. The molecule has 15 heavy (non-hydrogen) atoms. The van der Waals surface area contributed by atoms with Crippen LogP contribution in [0.25, 0.3) is 11.3 Å². The predicted molar refractivity (Wildman–Crippen MR) is 59.5 cm³/mol. The van der Waals surface area contributed by atoms with Gasteiger partial charge in [-0.3, -0.25) is 0 Å². The smallest absolute Gasteiger partial charge is 0.147 e. The van der Waals surface area contributed by atoms with Gasteiger partial charge in [0, 0.05) is 16.7 Å². The van der Waals surface area contributed by atoms with Crippen LogP contribution < -0.4 is 0 Å². The zero-order valence-corrected chi connectivity index (χ0v) is 9.85. The number of rotatable bonds is 2. The van der Waals surface area contributed by atoms with Gasteiger partial charge in [0.15, 0.2) is 0 Å². The van der Waals surface area contributed by atoms with Gasteiger partial charge in [-0.05, 0) is 18.2 Å². The second kappa shape index (κ2) is 4.33. The quantitative estimate of drug-likeness (QED) is 0.781. The topological polar surface area (TPSA) is 26.0 Å². The van der Waals surface area contributed by atoms with E-state index in [1.54, 1.807) is 12.1 Å². The van der Waals surface area contributed by atoms with E-state index in [-0.39, 0.29) is 5.82 Å². The van der Waals surface area contributed by atoms with Crippen molar-refractivity contribution < 1.29 is 8.91 Å². The van der Waals surface area contributed by atoms with Crippen LogP contribution in [0.3, 0.4) is 0 Å². The molecule has 0 bridgehead atoms. The summed E-state index contributed by atoms with van der Waals surface area (Å²) in [5, 5.41) is 4.72. The normalized spacial score (nSPS) is 10.6. The molecule has 1 aromatic carbocycles. The highest BCUT2D eigenvalue weighted by Gasteiger charge is 2.07. The van der Waals surface area contributed by atoms with E-state index in [0.29, 0.717) is 27.4 Å². The number of hydrogen-bond acceptors (Lipinski definition) is 2. The van der Waals surface area contributed by atoms with Crippen LogP contribution in [0.1, 0.15) is 5.76 Å². The number of alkyl halides is 1. The zero-order chi connectivity index (χ0) is 10.8. The highest BCUT2D eigenvalue weighted by molar-refractivity contribution is 9.08. The number of aromatic nitrogens is 1. The number of nitrogens with zero attached hydrogens (tertiary/aromatic N) is 1. The maximum atomic E-state index is 13.1. The molecule has 2 nitrogen and oxygen atoms in total. The number of benzene rings is 1. The molecular weight excluding hydrogens is 284 g/mol. The van der Waals surface area contributed by atoms with Crippen LogP contribution >= 0.6 is 27.5 Å². The lowest BCUT2D eigenvalue weighted by atomic mass is 10.1. The highest BCUT2D eigenvalue weighted by atomic mass is 79.9. The van der Waals surface area contributed by atoms with Crippen molar-refractivity contribution in [3.05, 3.63) is 40.9 Å². The molecular formula is C10H6BrClFNO. The van der Waals surface area contributed by atoms with Crippen molar-refractivity contribution in [2.75, 3.05) is 0 Å². The van der Waals surface area contributed by atoms with Crippen molar-refractivity contribution in [2.45, 2.75) is 5.33 Å². The molecule has 1 aromatic heterocycles. The van der Waals surface area contributed by atoms with E-state index in [0.717, 1.165) is 0 Å². The van der Waals surface area contributed by atoms with E-state index in [2.05, 4.69) is 21.1 Å². The lowest BCUT2D eigenvalue weighted by molar-refractivity contribution is 0.398. The summed E-state index contributed by atoms with van der Waals surface area (Å²) < 4.78 is 18.0. The Morgan fingerprint density at radius 3 is 2.73 bits per heavy atom. The Morgan fingerprint density at radius 2 is 2.13 bits per heavy atom. The van der Waals surface area contributed by atoms with Crippen molar-refractivity contribution in [3.8, 4) is 11.3 Å². The van der Waals surface area contributed by atoms with E-state index >= 15 is 0 Å². The molecule has 1 heterocycles. The van der Waals surface area contributed by atoms with Gasteiger partial charge in [0.25, 0.3) is 0 Å². The lowest BCUT2D eigenvalue weighted by Crippen LogP contribution is -1.80. The molecule has 0 saturated carbocycles. The molecule has 0 N–H and O–H groups in total. The molecule has 0 fully saturated rings. The summed E-state index contributed by atoms with van der Waals surface area (Å²) in [6.45, 7) is 0. The Kier molecular flexibility index (Phi) is 3.07. The molecule has 0 unspecified atom stereocenters. The van der Waals surface area contributed by atoms with Gasteiger partial charge in [-0.1, -0.05) is 32.7 Å². The van der Waals surface area contributed by atoms with Crippen molar-refractivity contribution in [3.63, 3.8) is 0 Å². The van der Waals surface area contributed by atoms with E-state index in [1.807, 2.05) is 0 Å². The van der Waals surface area contributed by atoms with Crippen molar-refractivity contribution >= 4 is 27.5 Å². The molecule has 0 saturated heterocycles. The minimum atomic E-state index is -0.388. The third-order valence-electron chi connectivity index (χ3n) is 1.85. The van der Waals surface area contributed by atoms with Crippen LogP contribution in [0.2, 0.25) is 5.02 Å². The fourth-order valence-corrected chi connectivity index (χ4v) is 1.70. The van der Waals surface area contributed by atoms with Crippen molar-refractivity contribution in [1.82, 2.24) is 5.16 Å². The molecule has 0 aliphatic rings. The zero-order valence-electron chi connectivity index (χ0n) is 7.51. The minimum absolute atomic E-state index is 0.341. The monoisotopic (exact) mass is 289 g/mol. The molecule has 0 radical (unpaired) electrons. The van der Waals surface area contributed by atoms with Gasteiger partial charge in [0.2, 0.25) is 0 Å². The third-order valence-corrected chi connectivity index (χ3v) is 2.62. The Balaban J connectivity index is 2.44. The van der Waals surface area contributed by atoms with E-state index in [9.17, 15) is 4.39 Å². The summed E-state index contributed by atoms with van der Waals surface area (Å²) >= 11 is 8.97. The molecule has 0 aliphatic heterocycles. The van der Waals surface area contributed by atoms with Crippen LogP contribution in [-0.4, -0.2) is 5.16 Å². The van der Waals surface area contributed by atoms with Gasteiger partial charge in [-0.2, -0.15) is 0 Å². The van der Waals surface area contributed by atoms with Crippen LogP contribution in [0, 0.1) is 5.82 Å². The summed E-state index contributed by atoms with van der Waals surface area (Å²) in [6, 6.07) is 5.98. The second-order valence-electron chi connectivity index (χ2n) is 2.97. The first-order chi connectivity index (χ1) is 7.19. The highest BCUT2D eigenvalue weighted by Crippen LogP contribution is 2.24. The molecule has 78 valence electrons. The van der Waals surface area contributed by atoms with Gasteiger partial charge in [-0.25, -0.2) is 4.39 Å². The van der Waals surface area contributed by atoms with Gasteiger partial charge in [0.1, 0.15) is 17.3 Å². The summed E-state index contributed by atoms with van der Waals surface area (Å²) in [6.07, 6.45) is 0. The van der Waals surface area contributed by atoms with Gasteiger partial charge >= 0.3 is 0 Å². The lowest BCUT2D eigenvalue weighted by Gasteiger charge is -1.96. The van der Waals surface area contributed by atoms with Crippen LogP contribution in [0.15, 0.2) is 28.8 Å². The average Bonchev–Trinajstić information content (AvgIpc) is 2.64. The first-order valence-electron chi connectivity index (χ1n) is 4.17. The fourth-order valence-electron chi connectivity index (χ4n) is 1.21. The van der Waals surface area contributed by atoms with E-state index < -0.39 is 0 Å². The molecule has 0 aliphatic carbocycles. The Morgan fingerprint density at radius 1 is 1.33 bits per heavy atom. The standard InChI is InChI=1S/C10H6BrClFNO/c11-5-9-4-10(14-15-9)6-1-7(12)3-8(13)2-6/h1-4H,5H2. The number of halogens is 3. The van der Waals surface area contributed by atoms with Crippen LogP contribution in [0.5, 0.6) is 0 Å². The summed E-state index contributed by atoms with van der Waals surface area (Å²) in [5.41, 5.74) is 1.18. The first kappa shape index (κ1) is 10.6. The summed E-state index contributed by atoms with van der Waals surface area (Å²) in [4.78, 5) is 0. The maximum Gasteiger partial charge on any atom is 0.147 e. The molecule has 0 atom stereocenters. The molecule has 0 spiro atoms. The second-order valence-corrected chi connectivity index (χ2v) is 3.97. The summed E-state index contributed by atoms with van der Waals surface area (Å²) in [7, 11) is 0. The molecule has 0 amide bonds. The van der Waals surface area contributed by atoms with Gasteiger partial charge < -0.3 is 4.52 Å². The van der Waals surface area contributed by atoms with E-state index in [4.69, 9.17) is 16.1 Å². The van der Waals surface area contributed by atoms with Gasteiger partial charge in [-0.15, -0.1) is 0 Å². The summed E-state index contributed by atoms with van der Waals surface area (Å²) in [5.74, 6) is 0.297. The van der Waals surface area contributed by atoms with E-state index in [1.165, 1.54) is 12.1 Å². The number of hydrogen-bond donors (Lipinski definition) is 0. The van der Waals surface area contributed by atoms with Crippen molar-refractivity contribution in [2.24, 2.45) is 0 Å². The molecule has 2 aromatic rings. The van der Waals surface area contributed by atoms with Crippen LogP contribution in [0.4, 0.5) is 4.39 Å². The first-order valence-corrected chi connectivity index (χ1v) is 5.67. The van der Waals surface area contributed by atoms with Gasteiger partial charge in [0.05, 0.1) is 5.33 Å². The average molecular weight is 291 g/mol. The Hall–Kier alpha value is -0.870. The van der Waals surface area contributed by atoms with Crippen molar-refractivity contribution in [1.29, 1.82) is 0 Å². The van der Waals surface area contributed by atoms with Crippen LogP contribution in [-0.2, 0) is 5.33 Å². The molecule has 2 rings (SSSR count). The third kappa shape index (κ3) is 2.38. The predicted octanol–water partition coefficient (Wildman–Crippen LogP) is 4.03. The maximum absolute atomic E-state index is 13.1. The fraction of sp³-hybridized carbons (Fsp3) is 0.100. The molecule has 5 heteroatoms. The Labute approximate surface area is 99.2 Å². The minimum Gasteiger partial charge on any atom is -0.360 e. The SMILES string of the molecule is Fc1cc(Cl)cc(-c2cc(CBr)on2)c1. The largest absolute Gasteiger partial charge is 0.360 e.